The highest BCUT2D eigenvalue weighted by Crippen LogP contribution is 2.11. The van der Waals surface area contributed by atoms with Crippen molar-refractivity contribution in [3.63, 3.8) is 0 Å². The highest BCUT2D eigenvalue weighted by atomic mass is 16.2. The molecule has 1 aromatic heterocycles. The molecule has 1 aromatic rings. The van der Waals surface area contributed by atoms with Gasteiger partial charge in [0.25, 0.3) is 0 Å². The summed E-state index contributed by atoms with van der Waals surface area (Å²) in [6.07, 6.45) is 7.37. The van der Waals surface area contributed by atoms with Crippen molar-refractivity contribution in [1.82, 2.24) is 15.6 Å². The molecule has 0 saturated carbocycles. The number of nitrogens with one attached hydrogen (secondary N) is 3. The number of nitrogens with two attached hydrogens (primary N) is 5. The molecule has 0 aliphatic heterocycles. The molecule has 14 nitrogen and oxygen atoms in total. The predicted molar refractivity (Wildman–Crippen MR) is 144 cm³/mol. The molecule has 2 amide bonds. The van der Waals surface area contributed by atoms with E-state index in [1.54, 1.807) is 24.5 Å². The lowest BCUT2D eigenvalue weighted by atomic mass is 10.1. The fraction of sp³-hybridized carbons (Fsp3) is 0.565. The lowest BCUT2D eigenvalue weighted by Crippen LogP contribution is -2.53. The van der Waals surface area contributed by atoms with E-state index in [-0.39, 0.29) is 30.8 Å². The molecule has 14 heteroatoms. The molecule has 1 rings (SSSR count). The SMILES string of the molecule is NCCCC[C@H](Nc1cccnc1)C(=O)N[C@@H](CCCN=C(N)N)C(=O)N[C@H](C=O)CCCN=C(N)N. The highest BCUT2D eigenvalue weighted by molar-refractivity contribution is 5.92. The van der Waals surface area contributed by atoms with Crippen LogP contribution in [0.3, 0.4) is 0 Å². The van der Waals surface area contributed by atoms with Crippen molar-refractivity contribution < 1.29 is 14.4 Å². The van der Waals surface area contributed by atoms with E-state index in [1.807, 2.05) is 0 Å². The van der Waals surface area contributed by atoms with Gasteiger partial charge >= 0.3 is 0 Å². The molecule has 206 valence electrons. The van der Waals surface area contributed by atoms with Gasteiger partial charge in [-0.25, -0.2) is 0 Å². The van der Waals surface area contributed by atoms with Crippen LogP contribution in [0, 0.1) is 0 Å². The van der Waals surface area contributed by atoms with Crippen molar-refractivity contribution in [3.8, 4) is 0 Å². The average molecular weight is 520 g/mol. The first-order valence-electron chi connectivity index (χ1n) is 12.3. The summed E-state index contributed by atoms with van der Waals surface area (Å²) in [4.78, 5) is 49.7. The zero-order valence-corrected chi connectivity index (χ0v) is 21.1. The highest BCUT2D eigenvalue weighted by Gasteiger charge is 2.26. The van der Waals surface area contributed by atoms with Crippen molar-refractivity contribution in [2.45, 2.75) is 63.1 Å². The number of aliphatic imine (C=N–C) groups is 2. The van der Waals surface area contributed by atoms with E-state index in [4.69, 9.17) is 28.7 Å². The van der Waals surface area contributed by atoms with Gasteiger partial charge in [-0.15, -0.1) is 0 Å². The van der Waals surface area contributed by atoms with E-state index < -0.39 is 24.0 Å². The summed E-state index contributed by atoms with van der Waals surface area (Å²) in [5.41, 5.74) is 27.6. The van der Waals surface area contributed by atoms with Crippen LogP contribution in [0.1, 0.15) is 44.9 Å². The second-order valence-corrected chi connectivity index (χ2v) is 8.43. The molecular formula is C23H41N11O3. The number of carbonyl (C=O) groups excluding carboxylic acids is 3. The normalized spacial score (nSPS) is 12.9. The Morgan fingerprint density at radius 1 is 0.892 bits per heavy atom. The lowest BCUT2D eigenvalue weighted by Gasteiger charge is -2.24. The van der Waals surface area contributed by atoms with E-state index in [2.05, 4.69) is 30.9 Å². The van der Waals surface area contributed by atoms with E-state index in [1.165, 1.54) is 0 Å². The van der Waals surface area contributed by atoms with Gasteiger partial charge in [0.15, 0.2) is 11.9 Å². The van der Waals surface area contributed by atoms with E-state index in [0.717, 1.165) is 6.42 Å². The number of aldehydes is 1. The molecule has 37 heavy (non-hydrogen) atoms. The first-order chi connectivity index (χ1) is 17.8. The Balaban J connectivity index is 2.91. The Bertz CT molecular complexity index is 872. The fourth-order valence-electron chi connectivity index (χ4n) is 3.43. The number of nitrogens with zero attached hydrogens (tertiary/aromatic N) is 3. The molecule has 0 aliphatic rings. The Kier molecular flexibility index (Phi) is 15.4. The van der Waals surface area contributed by atoms with Crippen LogP contribution in [0.15, 0.2) is 34.5 Å². The van der Waals surface area contributed by atoms with Gasteiger partial charge in [-0.3, -0.25) is 24.6 Å². The van der Waals surface area contributed by atoms with Crippen LogP contribution in [0.2, 0.25) is 0 Å². The number of hydrogen-bond acceptors (Lipinski definition) is 8. The van der Waals surface area contributed by atoms with Crippen LogP contribution in [0.4, 0.5) is 5.69 Å². The number of amides is 2. The Hall–Kier alpha value is -3.94. The van der Waals surface area contributed by atoms with Crippen LogP contribution in [-0.4, -0.2) is 72.8 Å². The Labute approximate surface area is 217 Å². The van der Waals surface area contributed by atoms with Crippen molar-refractivity contribution in [1.29, 1.82) is 0 Å². The number of carbonyl (C=O) groups is 3. The number of hydrogen-bond donors (Lipinski definition) is 8. The van der Waals surface area contributed by atoms with Crippen LogP contribution in [0.5, 0.6) is 0 Å². The molecule has 0 fully saturated rings. The summed E-state index contributed by atoms with van der Waals surface area (Å²) < 4.78 is 0. The van der Waals surface area contributed by atoms with E-state index >= 15 is 0 Å². The van der Waals surface area contributed by atoms with Gasteiger partial charge in [-0.05, 0) is 63.6 Å². The monoisotopic (exact) mass is 519 g/mol. The minimum Gasteiger partial charge on any atom is -0.372 e. The molecule has 13 N–H and O–H groups in total. The summed E-state index contributed by atoms with van der Waals surface area (Å²) in [5, 5.41) is 8.67. The van der Waals surface area contributed by atoms with Gasteiger partial charge < -0.3 is 49.4 Å². The molecule has 1 heterocycles. The summed E-state index contributed by atoms with van der Waals surface area (Å²) in [6.45, 7) is 1.12. The molecule has 0 aromatic carbocycles. The van der Waals surface area contributed by atoms with Gasteiger partial charge in [0.1, 0.15) is 18.4 Å². The number of aromatic nitrogens is 1. The molecular weight excluding hydrogens is 478 g/mol. The number of anilines is 1. The van der Waals surface area contributed by atoms with Crippen molar-refractivity contribution in [3.05, 3.63) is 24.5 Å². The van der Waals surface area contributed by atoms with Gasteiger partial charge in [-0.1, -0.05) is 0 Å². The number of guanidine groups is 2. The van der Waals surface area contributed by atoms with Crippen LogP contribution < -0.4 is 44.6 Å². The van der Waals surface area contributed by atoms with Crippen LogP contribution in [-0.2, 0) is 14.4 Å². The van der Waals surface area contributed by atoms with Crippen molar-refractivity contribution >= 4 is 35.7 Å². The molecule has 0 radical (unpaired) electrons. The predicted octanol–water partition coefficient (Wildman–Crippen LogP) is -1.73. The van der Waals surface area contributed by atoms with Crippen LogP contribution in [0.25, 0.3) is 0 Å². The second kappa shape index (κ2) is 18.3. The van der Waals surface area contributed by atoms with E-state index in [0.29, 0.717) is 57.2 Å². The molecule has 0 unspecified atom stereocenters. The smallest absolute Gasteiger partial charge is 0.243 e. The number of rotatable bonds is 19. The molecule has 3 atom stereocenters. The summed E-state index contributed by atoms with van der Waals surface area (Å²) in [6, 6.07) is 1.27. The largest absolute Gasteiger partial charge is 0.372 e. The number of pyridine rings is 1. The number of unbranched alkanes of at least 4 members (excludes halogenated alkanes) is 1. The van der Waals surface area contributed by atoms with Gasteiger partial charge in [0, 0.05) is 25.5 Å². The summed E-state index contributed by atoms with van der Waals surface area (Å²) >= 11 is 0. The fourth-order valence-corrected chi connectivity index (χ4v) is 3.43. The third-order valence-corrected chi connectivity index (χ3v) is 5.30. The third-order valence-electron chi connectivity index (χ3n) is 5.30. The summed E-state index contributed by atoms with van der Waals surface area (Å²) in [5.74, 6) is -0.957. The van der Waals surface area contributed by atoms with Crippen LogP contribution >= 0.6 is 0 Å². The molecule has 0 bridgehead atoms. The second-order valence-electron chi connectivity index (χ2n) is 8.43. The maximum absolute atomic E-state index is 13.2. The van der Waals surface area contributed by atoms with Gasteiger partial charge in [-0.2, -0.15) is 0 Å². The van der Waals surface area contributed by atoms with Crippen molar-refractivity contribution in [2.75, 3.05) is 25.0 Å². The maximum Gasteiger partial charge on any atom is 0.243 e. The lowest BCUT2D eigenvalue weighted by molar-refractivity contribution is -0.130. The minimum atomic E-state index is -0.908. The third kappa shape index (κ3) is 14.3. The Morgan fingerprint density at radius 2 is 1.51 bits per heavy atom. The standard InChI is InChI=1S/C23H41N11O3/c24-10-2-1-8-18(32-16-6-3-11-29-14-16)21(37)34-19(9-5-13-31-23(27)28)20(36)33-17(15-35)7-4-12-30-22(25)26/h3,6,11,14-15,17-19,32H,1-2,4-5,7-10,12-13,24H2,(H,33,36)(H,34,37)(H4,25,26,30)(H4,27,28,31)/t17-,18-,19-/m0/s1. The minimum absolute atomic E-state index is 0.0452. The van der Waals surface area contributed by atoms with E-state index in [9.17, 15) is 14.4 Å². The zero-order valence-electron chi connectivity index (χ0n) is 21.1. The Morgan fingerprint density at radius 3 is 2.08 bits per heavy atom. The molecule has 0 aliphatic carbocycles. The maximum atomic E-state index is 13.2. The first kappa shape index (κ1) is 31.1. The first-order valence-corrected chi connectivity index (χ1v) is 12.3. The summed E-state index contributed by atoms with van der Waals surface area (Å²) in [7, 11) is 0. The van der Waals surface area contributed by atoms with Gasteiger partial charge in [0.05, 0.1) is 11.7 Å². The topological polar surface area (TPSA) is 255 Å². The molecule has 0 saturated heterocycles. The van der Waals surface area contributed by atoms with Crippen molar-refractivity contribution in [2.24, 2.45) is 38.7 Å². The zero-order chi connectivity index (χ0) is 27.5. The quantitative estimate of drug-likeness (QED) is 0.0443. The average Bonchev–Trinajstić information content (AvgIpc) is 2.87. The van der Waals surface area contributed by atoms with Gasteiger partial charge in [0.2, 0.25) is 11.8 Å². The molecule has 0 spiro atoms.